The molecule has 0 unspecified atom stereocenters. The Morgan fingerprint density at radius 1 is 0.774 bits per heavy atom. The molecule has 0 saturated heterocycles. The third-order valence-corrected chi connectivity index (χ3v) is 4.14. The molecule has 3 aromatic carbocycles. The number of para-hydroxylation sites is 1. The maximum Gasteiger partial charge on any atom is 0.243 e. The lowest BCUT2D eigenvalue weighted by Crippen LogP contribution is -2.21. The SMILES string of the molecule is C=CCOc1cccc(NC(=O)CNc2cccc(OCCOc3ccccc3)c2)c1. The number of anilines is 2. The Morgan fingerprint density at radius 2 is 1.39 bits per heavy atom. The zero-order chi connectivity index (χ0) is 21.7. The van der Waals surface area contributed by atoms with Crippen molar-refractivity contribution in [1.29, 1.82) is 0 Å². The van der Waals surface area contributed by atoms with Gasteiger partial charge in [-0.05, 0) is 36.4 Å². The number of hydrogen-bond acceptors (Lipinski definition) is 5. The molecular formula is C25H26N2O4. The minimum absolute atomic E-state index is 0.123. The molecule has 0 fully saturated rings. The number of amides is 1. The van der Waals surface area contributed by atoms with Crippen LogP contribution < -0.4 is 24.8 Å². The van der Waals surface area contributed by atoms with Crippen LogP contribution in [0.3, 0.4) is 0 Å². The second-order valence-electron chi connectivity index (χ2n) is 6.57. The zero-order valence-electron chi connectivity index (χ0n) is 17.3. The minimum atomic E-state index is -0.163. The monoisotopic (exact) mass is 418 g/mol. The molecule has 31 heavy (non-hydrogen) atoms. The molecule has 0 atom stereocenters. The predicted molar refractivity (Wildman–Crippen MR) is 123 cm³/mol. The van der Waals surface area contributed by atoms with Crippen molar-refractivity contribution in [2.75, 3.05) is 37.0 Å². The van der Waals surface area contributed by atoms with Gasteiger partial charge in [0.05, 0.1) is 6.54 Å². The van der Waals surface area contributed by atoms with Crippen LogP contribution in [0.25, 0.3) is 0 Å². The van der Waals surface area contributed by atoms with Gasteiger partial charge in [0.15, 0.2) is 0 Å². The smallest absolute Gasteiger partial charge is 0.243 e. The quantitative estimate of drug-likeness (QED) is 0.328. The number of carbonyl (C=O) groups excluding carboxylic acids is 1. The van der Waals surface area contributed by atoms with E-state index in [-0.39, 0.29) is 12.5 Å². The molecule has 0 aromatic heterocycles. The van der Waals surface area contributed by atoms with Gasteiger partial charge in [0.1, 0.15) is 37.1 Å². The van der Waals surface area contributed by atoms with E-state index in [9.17, 15) is 4.79 Å². The molecule has 2 N–H and O–H groups in total. The van der Waals surface area contributed by atoms with E-state index in [2.05, 4.69) is 17.2 Å². The summed E-state index contributed by atoms with van der Waals surface area (Å²) < 4.78 is 16.8. The van der Waals surface area contributed by atoms with Gasteiger partial charge >= 0.3 is 0 Å². The molecule has 0 spiro atoms. The lowest BCUT2D eigenvalue weighted by Gasteiger charge is -2.11. The fraction of sp³-hybridized carbons (Fsp3) is 0.160. The van der Waals surface area contributed by atoms with Crippen molar-refractivity contribution in [3.63, 3.8) is 0 Å². The Labute approximate surface area is 182 Å². The van der Waals surface area contributed by atoms with Gasteiger partial charge in [-0.2, -0.15) is 0 Å². The topological polar surface area (TPSA) is 68.8 Å². The summed E-state index contributed by atoms with van der Waals surface area (Å²) in [4.78, 5) is 12.3. The third-order valence-electron chi connectivity index (χ3n) is 4.14. The molecular weight excluding hydrogens is 392 g/mol. The van der Waals surface area contributed by atoms with Crippen LogP contribution in [0, 0.1) is 0 Å². The first-order chi connectivity index (χ1) is 15.2. The Hall–Kier alpha value is -3.93. The summed E-state index contributed by atoms with van der Waals surface area (Å²) in [6.07, 6.45) is 1.67. The number of hydrogen-bond donors (Lipinski definition) is 2. The van der Waals surface area contributed by atoms with Crippen molar-refractivity contribution in [3.8, 4) is 17.2 Å². The lowest BCUT2D eigenvalue weighted by atomic mass is 10.3. The van der Waals surface area contributed by atoms with E-state index in [1.165, 1.54) is 0 Å². The largest absolute Gasteiger partial charge is 0.490 e. The van der Waals surface area contributed by atoms with Gasteiger partial charge < -0.3 is 24.8 Å². The van der Waals surface area contributed by atoms with Gasteiger partial charge in [0.2, 0.25) is 5.91 Å². The third kappa shape index (κ3) is 7.78. The first kappa shape index (κ1) is 21.8. The summed E-state index contributed by atoms with van der Waals surface area (Å²) in [6.45, 7) is 5.02. The summed E-state index contributed by atoms with van der Waals surface area (Å²) in [6, 6.07) is 24.3. The van der Waals surface area contributed by atoms with E-state index < -0.39 is 0 Å². The molecule has 6 heteroatoms. The van der Waals surface area contributed by atoms with Crippen LogP contribution in [0.5, 0.6) is 17.2 Å². The first-order valence-electron chi connectivity index (χ1n) is 10.0. The zero-order valence-corrected chi connectivity index (χ0v) is 17.3. The summed E-state index contributed by atoms with van der Waals surface area (Å²) in [5.74, 6) is 2.02. The van der Waals surface area contributed by atoms with Crippen LogP contribution in [-0.2, 0) is 4.79 Å². The molecule has 3 rings (SSSR count). The molecule has 6 nitrogen and oxygen atoms in total. The fourth-order valence-corrected chi connectivity index (χ4v) is 2.74. The Kier molecular flexibility index (Phi) is 8.37. The molecule has 0 heterocycles. The highest BCUT2D eigenvalue weighted by atomic mass is 16.5. The van der Waals surface area contributed by atoms with Gasteiger partial charge in [-0.25, -0.2) is 0 Å². The number of nitrogens with one attached hydrogen (secondary N) is 2. The number of carbonyl (C=O) groups is 1. The molecule has 0 saturated carbocycles. The Bertz CT molecular complexity index is 976. The number of rotatable bonds is 12. The molecule has 0 aliphatic rings. The Balaban J connectivity index is 1.42. The molecule has 0 aliphatic carbocycles. The van der Waals surface area contributed by atoms with E-state index in [1.54, 1.807) is 12.1 Å². The molecule has 0 aliphatic heterocycles. The van der Waals surface area contributed by atoms with E-state index >= 15 is 0 Å². The fourth-order valence-electron chi connectivity index (χ4n) is 2.74. The van der Waals surface area contributed by atoms with E-state index in [4.69, 9.17) is 14.2 Å². The summed E-state index contributed by atoms with van der Waals surface area (Å²) in [5, 5.41) is 5.95. The van der Waals surface area contributed by atoms with Gasteiger partial charge in [0.25, 0.3) is 0 Å². The van der Waals surface area contributed by atoms with Crippen molar-refractivity contribution in [3.05, 3.63) is 91.5 Å². The minimum Gasteiger partial charge on any atom is -0.490 e. The molecule has 3 aromatic rings. The highest BCUT2D eigenvalue weighted by Crippen LogP contribution is 2.19. The van der Waals surface area contributed by atoms with Crippen molar-refractivity contribution < 1.29 is 19.0 Å². The van der Waals surface area contributed by atoms with Crippen molar-refractivity contribution in [2.45, 2.75) is 0 Å². The van der Waals surface area contributed by atoms with E-state index in [0.717, 1.165) is 11.4 Å². The Morgan fingerprint density at radius 3 is 2.13 bits per heavy atom. The van der Waals surface area contributed by atoms with E-state index in [1.807, 2.05) is 72.8 Å². The van der Waals surface area contributed by atoms with Crippen molar-refractivity contribution >= 4 is 17.3 Å². The van der Waals surface area contributed by atoms with Crippen LogP contribution in [0.1, 0.15) is 0 Å². The van der Waals surface area contributed by atoms with Crippen molar-refractivity contribution in [1.82, 2.24) is 0 Å². The van der Waals surface area contributed by atoms with Crippen LogP contribution in [0.2, 0.25) is 0 Å². The summed E-state index contributed by atoms with van der Waals surface area (Å²) >= 11 is 0. The van der Waals surface area contributed by atoms with Crippen LogP contribution in [-0.4, -0.2) is 32.3 Å². The maximum atomic E-state index is 12.3. The normalized spacial score (nSPS) is 10.1. The average molecular weight is 418 g/mol. The number of ether oxygens (including phenoxy) is 3. The molecule has 0 bridgehead atoms. The second kappa shape index (κ2) is 11.9. The lowest BCUT2D eigenvalue weighted by molar-refractivity contribution is -0.114. The highest BCUT2D eigenvalue weighted by Gasteiger charge is 2.05. The van der Waals surface area contributed by atoms with Gasteiger partial charge in [-0.3, -0.25) is 4.79 Å². The average Bonchev–Trinajstić information content (AvgIpc) is 2.80. The van der Waals surface area contributed by atoms with Gasteiger partial charge in [-0.1, -0.05) is 43.0 Å². The van der Waals surface area contributed by atoms with Crippen LogP contribution in [0.15, 0.2) is 91.5 Å². The van der Waals surface area contributed by atoms with Crippen LogP contribution >= 0.6 is 0 Å². The second-order valence-corrected chi connectivity index (χ2v) is 6.57. The predicted octanol–water partition coefficient (Wildman–Crippen LogP) is 4.76. The first-order valence-corrected chi connectivity index (χ1v) is 10.0. The summed E-state index contributed by atoms with van der Waals surface area (Å²) in [5.41, 5.74) is 1.46. The van der Waals surface area contributed by atoms with Gasteiger partial charge in [0, 0.05) is 23.5 Å². The molecule has 160 valence electrons. The standard InChI is InChI=1S/C25H26N2O4/c1-2-14-29-24-13-7-9-21(18-24)27-25(28)19-26-20-8-6-12-23(17-20)31-16-15-30-22-10-4-3-5-11-22/h2-13,17-18,26H,1,14-16,19H2,(H,27,28). The molecule has 1 amide bonds. The molecule has 0 radical (unpaired) electrons. The van der Waals surface area contributed by atoms with Crippen molar-refractivity contribution in [2.24, 2.45) is 0 Å². The van der Waals surface area contributed by atoms with Gasteiger partial charge in [-0.15, -0.1) is 0 Å². The van der Waals surface area contributed by atoms with E-state index in [0.29, 0.717) is 37.0 Å². The number of benzene rings is 3. The summed E-state index contributed by atoms with van der Waals surface area (Å²) in [7, 11) is 0. The van der Waals surface area contributed by atoms with Crippen LogP contribution in [0.4, 0.5) is 11.4 Å². The highest BCUT2D eigenvalue weighted by molar-refractivity contribution is 5.93. The maximum absolute atomic E-state index is 12.3.